The van der Waals surface area contributed by atoms with Crippen molar-refractivity contribution in [2.75, 3.05) is 11.9 Å². The van der Waals surface area contributed by atoms with Crippen molar-refractivity contribution in [2.24, 2.45) is 0 Å². The number of hydrogen-bond acceptors (Lipinski definition) is 4. The van der Waals surface area contributed by atoms with Crippen molar-refractivity contribution in [1.29, 1.82) is 0 Å². The lowest BCUT2D eigenvalue weighted by atomic mass is 10.1. The number of benzene rings is 1. The van der Waals surface area contributed by atoms with Gasteiger partial charge in [-0.2, -0.15) is 0 Å². The SMILES string of the molecule is O=C(Nc1nnc(C2CC2)s1)N1CCC[C@H]1c1cccc(Cl)c1. The first-order valence-electron chi connectivity index (χ1n) is 7.87. The van der Waals surface area contributed by atoms with Gasteiger partial charge in [0.25, 0.3) is 0 Å². The van der Waals surface area contributed by atoms with Gasteiger partial charge < -0.3 is 4.90 Å². The molecule has 1 saturated heterocycles. The maximum Gasteiger partial charge on any atom is 0.324 e. The number of amides is 2. The zero-order chi connectivity index (χ0) is 15.8. The van der Waals surface area contributed by atoms with Gasteiger partial charge >= 0.3 is 6.03 Å². The topological polar surface area (TPSA) is 58.1 Å². The van der Waals surface area contributed by atoms with Gasteiger partial charge in [-0.25, -0.2) is 4.79 Å². The fraction of sp³-hybridized carbons (Fsp3) is 0.438. The van der Waals surface area contributed by atoms with Gasteiger partial charge in [-0.15, -0.1) is 10.2 Å². The zero-order valence-corrected chi connectivity index (χ0v) is 14.1. The molecular weight excluding hydrogens is 332 g/mol. The molecule has 0 radical (unpaired) electrons. The van der Waals surface area contributed by atoms with Gasteiger partial charge in [-0.05, 0) is 43.4 Å². The lowest BCUT2D eigenvalue weighted by Gasteiger charge is -2.24. The van der Waals surface area contributed by atoms with Crippen LogP contribution < -0.4 is 5.32 Å². The van der Waals surface area contributed by atoms with E-state index in [0.717, 1.165) is 30.0 Å². The Kier molecular flexibility index (Phi) is 3.95. The highest BCUT2D eigenvalue weighted by molar-refractivity contribution is 7.15. The van der Waals surface area contributed by atoms with E-state index in [0.29, 0.717) is 16.1 Å². The number of likely N-dealkylation sites (tertiary alicyclic amines) is 1. The normalized spacial score (nSPS) is 20.7. The second-order valence-electron chi connectivity index (χ2n) is 6.06. The number of halogens is 1. The summed E-state index contributed by atoms with van der Waals surface area (Å²) in [6.45, 7) is 0.747. The molecule has 2 heterocycles. The second kappa shape index (κ2) is 6.09. The third-order valence-corrected chi connectivity index (χ3v) is 5.56. The average Bonchev–Trinajstić information content (AvgIpc) is 3.09. The lowest BCUT2D eigenvalue weighted by Crippen LogP contribution is -2.34. The minimum atomic E-state index is -0.106. The summed E-state index contributed by atoms with van der Waals surface area (Å²) in [6.07, 6.45) is 4.32. The van der Waals surface area contributed by atoms with Crippen LogP contribution in [0.5, 0.6) is 0 Å². The van der Waals surface area contributed by atoms with Crippen LogP contribution in [0.4, 0.5) is 9.93 Å². The molecule has 120 valence electrons. The van der Waals surface area contributed by atoms with Crippen LogP contribution in [0.1, 0.15) is 48.2 Å². The van der Waals surface area contributed by atoms with Crippen LogP contribution in [0.15, 0.2) is 24.3 Å². The first-order chi connectivity index (χ1) is 11.2. The molecule has 7 heteroatoms. The second-order valence-corrected chi connectivity index (χ2v) is 7.50. The molecule has 1 N–H and O–H groups in total. The van der Waals surface area contributed by atoms with Crippen LogP contribution in [-0.2, 0) is 0 Å². The molecule has 0 spiro atoms. The molecular formula is C16H17ClN4OS. The van der Waals surface area contributed by atoms with Crippen LogP contribution in [0.25, 0.3) is 0 Å². The van der Waals surface area contributed by atoms with E-state index >= 15 is 0 Å². The molecule has 1 aromatic carbocycles. The van der Waals surface area contributed by atoms with E-state index in [9.17, 15) is 4.79 Å². The molecule has 5 nitrogen and oxygen atoms in total. The summed E-state index contributed by atoms with van der Waals surface area (Å²) in [4.78, 5) is 14.5. The van der Waals surface area contributed by atoms with E-state index in [-0.39, 0.29) is 12.1 Å². The fourth-order valence-electron chi connectivity index (χ4n) is 3.01. The number of carbonyl (C=O) groups is 1. The van der Waals surface area contributed by atoms with Gasteiger partial charge in [0.2, 0.25) is 5.13 Å². The summed E-state index contributed by atoms with van der Waals surface area (Å²) in [7, 11) is 0. The molecule has 2 aliphatic rings. The van der Waals surface area contributed by atoms with Crippen LogP contribution in [0.2, 0.25) is 5.02 Å². The van der Waals surface area contributed by atoms with Crippen LogP contribution in [-0.4, -0.2) is 27.7 Å². The Balaban J connectivity index is 1.47. The van der Waals surface area contributed by atoms with Gasteiger partial charge in [-0.3, -0.25) is 5.32 Å². The highest BCUT2D eigenvalue weighted by Crippen LogP contribution is 2.42. The molecule has 23 heavy (non-hydrogen) atoms. The smallest absolute Gasteiger partial charge is 0.317 e. The summed E-state index contributed by atoms with van der Waals surface area (Å²) in [5.41, 5.74) is 1.08. The predicted molar refractivity (Wildman–Crippen MR) is 91.0 cm³/mol. The van der Waals surface area contributed by atoms with E-state index in [1.807, 2.05) is 29.2 Å². The van der Waals surface area contributed by atoms with Crippen molar-refractivity contribution in [3.05, 3.63) is 39.9 Å². The Morgan fingerprint density at radius 3 is 2.96 bits per heavy atom. The first kappa shape index (κ1) is 14.9. The van der Waals surface area contributed by atoms with E-state index in [1.165, 1.54) is 24.2 Å². The number of hydrogen-bond donors (Lipinski definition) is 1. The van der Waals surface area contributed by atoms with Crippen molar-refractivity contribution in [1.82, 2.24) is 15.1 Å². The molecule has 1 saturated carbocycles. The Labute approximate surface area is 143 Å². The highest BCUT2D eigenvalue weighted by Gasteiger charge is 2.31. The van der Waals surface area contributed by atoms with E-state index in [1.54, 1.807) is 0 Å². The average molecular weight is 349 g/mol. The largest absolute Gasteiger partial charge is 0.324 e. The van der Waals surface area contributed by atoms with E-state index < -0.39 is 0 Å². The van der Waals surface area contributed by atoms with Crippen molar-refractivity contribution in [3.63, 3.8) is 0 Å². The molecule has 0 bridgehead atoms. The standard InChI is InChI=1S/C16H17ClN4OS/c17-12-4-1-3-11(9-12)13-5-2-8-21(13)16(22)18-15-20-19-14(23-15)10-6-7-10/h1,3-4,9-10,13H,2,5-8H2,(H,18,20,22)/t13-/m0/s1. The summed E-state index contributed by atoms with van der Waals surface area (Å²) in [6, 6.07) is 7.71. The molecule has 2 aromatic rings. The summed E-state index contributed by atoms with van der Waals surface area (Å²) in [5.74, 6) is 0.559. The van der Waals surface area contributed by atoms with E-state index in [4.69, 9.17) is 11.6 Å². The summed E-state index contributed by atoms with van der Waals surface area (Å²) < 4.78 is 0. The van der Waals surface area contributed by atoms with Gasteiger partial charge in [0, 0.05) is 17.5 Å². The molecule has 1 atom stereocenters. The Morgan fingerprint density at radius 1 is 1.30 bits per heavy atom. The molecule has 4 rings (SSSR count). The minimum absolute atomic E-state index is 0.0736. The maximum atomic E-state index is 12.6. The van der Waals surface area contributed by atoms with Crippen molar-refractivity contribution in [2.45, 2.75) is 37.6 Å². The molecule has 0 unspecified atom stereocenters. The highest BCUT2D eigenvalue weighted by atomic mass is 35.5. The number of nitrogens with one attached hydrogen (secondary N) is 1. The number of rotatable bonds is 3. The molecule has 1 aliphatic carbocycles. The van der Waals surface area contributed by atoms with E-state index in [2.05, 4.69) is 15.5 Å². The zero-order valence-electron chi connectivity index (χ0n) is 12.5. The first-order valence-corrected chi connectivity index (χ1v) is 9.06. The summed E-state index contributed by atoms with van der Waals surface area (Å²) >= 11 is 7.57. The summed E-state index contributed by atoms with van der Waals surface area (Å²) in [5, 5.41) is 13.5. The Hall–Kier alpha value is -1.66. The number of anilines is 1. The number of urea groups is 1. The van der Waals surface area contributed by atoms with Crippen molar-refractivity contribution in [3.8, 4) is 0 Å². The van der Waals surface area contributed by atoms with Crippen LogP contribution >= 0.6 is 22.9 Å². The number of nitrogens with zero attached hydrogens (tertiary/aromatic N) is 3. The Morgan fingerprint density at radius 2 is 2.17 bits per heavy atom. The predicted octanol–water partition coefficient (Wildman–Crippen LogP) is 4.44. The van der Waals surface area contributed by atoms with Crippen molar-refractivity contribution >= 4 is 34.1 Å². The third-order valence-electron chi connectivity index (χ3n) is 4.33. The van der Waals surface area contributed by atoms with Gasteiger partial charge in [0.15, 0.2) is 0 Å². The maximum absolute atomic E-state index is 12.6. The molecule has 1 aliphatic heterocycles. The molecule has 1 aromatic heterocycles. The number of carbonyl (C=O) groups excluding carboxylic acids is 1. The van der Waals surface area contributed by atoms with Crippen LogP contribution in [0, 0.1) is 0 Å². The Bertz CT molecular complexity index is 730. The quantitative estimate of drug-likeness (QED) is 0.892. The van der Waals surface area contributed by atoms with Crippen molar-refractivity contribution < 1.29 is 4.79 Å². The number of aromatic nitrogens is 2. The lowest BCUT2D eigenvalue weighted by molar-refractivity contribution is 0.207. The fourth-order valence-corrected chi connectivity index (χ4v) is 4.11. The monoisotopic (exact) mass is 348 g/mol. The van der Waals surface area contributed by atoms with Crippen LogP contribution in [0.3, 0.4) is 0 Å². The third kappa shape index (κ3) is 3.19. The molecule has 2 amide bonds. The van der Waals surface area contributed by atoms with Gasteiger partial charge in [0.05, 0.1) is 6.04 Å². The minimum Gasteiger partial charge on any atom is -0.317 e. The van der Waals surface area contributed by atoms with Gasteiger partial charge in [-0.1, -0.05) is 35.1 Å². The van der Waals surface area contributed by atoms with Gasteiger partial charge in [0.1, 0.15) is 5.01 Å². The molecule has 2 fully saturated rings.